The molecule has 1 unspecified atom stereocenters. The average molecular weight is 272 g/mol. The number of hydrogen-bond acceptors (Lipinski definition) is 4. The zero-order chi connectivity index (χ0) is 14.5. The molecule has 0 amide bonds. The molecule has 0 aromatic carbocycles. The third kappa shape index (κ3) is 11.5. The minimum absolute atomic E-state index is 0.00162. The summed E-state index contributed by atoms with van der Waals surface area (Å²) in [4.78, 5) is 21.6. The van der Waals surface area contributed by atoms with Crippen molar-refractivity contribution in [3.05, 3.63) is 12.2 Å². The Morgan fingerprint density at radius 3 is 2.63 bits per heavy atom. The Labute approximate surface area is 114 Å². The first kappa shape index (κ1) is 17.6. The number of rotatable bonds is 11. The van der Waals surface area contributed by atoms with Crippen LogP contribution in [0.4, 0.5) is 0 Å². The Balaban J connectivity index is 4.05. The number of carboxylic acids is 1. The van der Waals surface area contributed by atoms with Crippen LogP contribution in [0.3, 0.4) is 0 Å². The Kier molecular flexibility index (Phi) is 10.9. The van der Waals surface area contributed by atoms with E-state index in [2.05, 4.69) is 11.7 Å². The Morgan fingerprint density at radius 1 is 1.32 bits per heavy atom. The third-order valence-corrected chi connectivity index (χ3v) is 2.61. The van der Waals surface area contributed by atoms with Crippen LogP contribution in [0.5, 0.6) is 0 Å². The van der Waals surface area contributed by atoms with Crippen LogP contribution < -0.4 is 0 Å². The molecule has 5 heteroatoms. The second-order valence-corrected chi connectivity index (χ2v) is 4.38. The molecule has 0 rings (SSSR count). The molecular formula is C14H24O5. The number of carbonyl (C=O) groups is 2. The number of unbranched alkanes of at least 4 members (excludes halogenated alkanes) is 1. The predicted molar refractivity (Wildman–Crippen MR) is 71.9 cm³/mol. The number of esters is 1. The van der Waals surface area contributed by atoms with E-state index in [4.69, 9.17) is 9.84 Å². The molecule has 0 fully saturated rings. The molecule has 0 aromatic heterocycles. The second kappa shape index (κ2) is 11.7. The van der Waals surface area contributed by atoms with E-state index < -0.39 is 5.97 Å². The Hall–Kier alpha value is -1.36. The van der Waals surface area contributed by atoms with E-state index >= 15 is 0 Å². The minimum atomic E-state index is -0.861. The first-order chi connectivity index (χ1) is 9.10. The van der Waals surface area contributed by atoms with Crippen molar-refractivity contribution in [1.82, 2.24) is 0 Å². The van der Waals surface area contributed by atoms with Crippen LogP contribution in [-0.2, 0) is 19.1 Å². The highest BCUT2D eigenvalue weighted by Gasteiger charge is 2.13. The molecule has 1 atom stereocenters. The van der Waals surface area contributed by atoms with Crippen LogP contribution in [0, 0.1) is 5.92 Å². The molecule has 0 aliphatic carbocycles. The largest absolute Gasteiger partial charge is 0.481 e. The molecule has 110 valence electrons. The summed E-state index contributed by atoms with van der Waals surface area (Å²) < 4.78 is 10.1. The highest BCUT2D eigenvalue weighted by Crippen LogP contribution is 2.12. The molecular weight excluding hydrogens is 248 g/mol. The smallest absolute Gasteiger partial charge is 0.307 e. The van der Waals surface area contributed by atoms with Gasteiger partial charge in [-0.25, -0.2) is 0 Å². The van der Waals surface area contributed by atoms with Crippen LogP contribution in [0.15, 0.2) is 12.2 Å². The number of carboxylic acid groups (broad SMARTS) is 1. The van der Waals surface area contributed by atoms with Crippen molar-refractivity contribution < 1.29 is 24.2 Å². The summed E-state index contributed by atoms with van der Waals surface area (Å²) in [6.07, 6.45) is 6.36. The van der Waals surface area contributed by atoms with Gasteiger partial charge in [-0.05, 0) is 18.8 Å². The van der Waals surface area contributed by atoms with E-state index in [9.17, 15) is 9.59 Å². The van der Waals surface area contributed by atoms with Crippen molar-refractivity contribution >= 4 is 11.9 Å². The van der Waals surface area contributed by atoms with E-state index in [0.29, 0.717) is 26.1 Å². The van der Waals surface area contributed by atoms with Crippen molar-refractivity contribution in [2.24, 2.45) is 5.92 Å². The van der Waals surface area contributed by atoms with E-state index in [1.807, 2.05) is 0 Å². The number of methoxy groups -OCH3 is 1. The number of allylic oxidation sites excluding steroid dienone is 1. The lowest BCUT2D eigenvalue weighted by Crippen LogP contribution is -2.15. The number of ether oxygens (including phenoxy) is 2. The van der Waals surface area contributed by atoms with Crippen LogP contribution in [0.25, 0.3) is 0 Å². The maximum Gasteiger partial charge on any atom is 0.307 e. The van der Waals surface area contributed by atoms with Gasteiger partial charge in [0.25, 0.3) is 0 Å². The summed E-state index contributed by atoms with van der Waals surface area (Å²) in [5, 5.41) is 8.51. The standard InChI is InChI=1S/C14H24O5/c1-3-4-9-19-11-12(10-14(17)18-2)7-5-6-8-13(15)16/h5-6,12H,3-4,7-11H2,1-2H3,(H,15,16)/b6-5+. The van der Waals surface area contributed by atoms with Crippen molar-refractivity contribution in [2.75, 3.05) is 20.3 Å². The summed E-state index contributed by atoms with van der Waals surface area (Å²) in [6.45, 7) is 3.27. The van der Waals surface area contributed by atoms with E-state index in [0.717, 1.165) is 12.8 Å². The van der Waals surface area contributed by atoms with Gasteiger partial charge < -0.3 is 14.6 Å². The van der Waals surface area contributed by atoms with Gasteiger partial charge in [-0.2, -0.15) is 0 Å². The highest BCUT2D eigenvalue weighted by molar-refractivity contribution is 5.69. The molecule has 5 nitrogen and oxygen atoms in total. The third-order valence-electron chi connectivity index (χ3n) is 2.61. The summed E-state index contributed by atoms with van der Waals surface area (Å²) in [6, 6.07) is 0. The van der Waals surface area contributed by atoms with Gasteiger partial charge in [0, 0.05) is 6.61 Å². The van der Waals surface area contributed by atoms with Gasteiger partial charge in [-0.3, -0.25) is 9.59 Å². The lowest BCUT2D eigenvalue weighted by molar-refractivity contribution is -0.142. The normalized spacial score (nSPS) is 12.5. The summed E-state index contributed by atoms with van der Waals surface area (Å²) in [7, 11) is 1.36. The van der Waals surface area contributed by atoms with E-state index in [1.165, 1.54) is 7.11 Å². The lowest BCUT2D eigenvalue weighted by Gasteiger charge is -2.14. The van der Waals surface area contributed by atoms with Gasteiger partial charge >= 0.3 is 11.9 Å². The maximum atomic E-state index is 11.3. The molecule has 19 heavy (non-hydrogen) atoms. The zero-order valence-electron chi connectivity index (χ0n) is 11.8. The molecule has 0 heterocycles. The van der Waals surface area contributed by atoms with Crippen molar-refractivity contribution in [1.29, 1.82) is 0 Å². The second-order valence-electron chi connectivity index (χ2n) is 4.38. The maximum absolute atomic E-state index is 11.3. The van der Waals surface area contributed by atoms with Gasteiger partial charge in [0.15, 0.2) is 0 Å². The molecule has 1 N–H and O–H groups in total. The van der Waals surface area contributed by atoms with Crippen LogP contribution in [-0.4, -0.2) is 37.4 Å². The van der Waals surface area contributed by atoms with Gasteiger partial charge in [0.05, 0.1) is 26.6 Å². The van der Waals surface area contributed by atoms with E-state index in [1.54, 1.807) is 12.2 Å². The molecule has 0 radical (unpaired) electrons. The highest BCUT2D eigenvalue weighted by atomic mass is 16.5. The first-order valence-corrected chi connectivity index (χ1v) is 6.61. The van der Waals surface area contributed by atoms with Gasteiger partial charge in [-0.1, -0.05) is 25.5 Å². The first-order valence-electron chi connectivity index (χ1n) is 6.61. The summed E-state index contributed by atoms with van der Waals surface area (Å²) in [5.74, 6) is -1.09. The zero-order valence-corrected chi connectivity index (χ0v) is 11.8. The fourth-order valence-electron chi connectivity index (χ4n) is 1.50. The Morgan fingerprint density at radius 2 is 2.05 bits per heavy atom. The predicted octanol–water partition coefficient (Wildman–Crippen LogP) is 2.40. The fraction of sp³-hybridized carbons (Fsp3) is 0.714. The average Bonchev–Trinajstić information content (AvgIpc) is 2.38. The lowest BCUT2D eigenvalue weighted by atomic mass is 10.0. The van der Waals surface area contributed by atoms with Crippen molar-refractivity contribution in [3.8, 4) is 0 Å². The van der Waals surface area contributed by atoms with Gasteiger partial charge in [-0.15, -0.1) is 0 Å². The molecule has 0 aromatic rings. The fourth-order valence-corrected chi connectivity index (χ4v) is 1.50. The number of carbonyl (C=O) groups excluding carboxylic acids is 1. The molecule has 0 aliphatic heterocycles. The topological polar surface area (TPSA) is 72.8 Å². The van der Waals surface area contributed by atoms with Crippen molar-refractivity contribution in [3.63, 3.8) is 0 Å². The molecule has 0 aliphatic rings. The van der Waals surface area contributed by atoms with Crippen molar-refractivity contribution in [2.45, 2.75) is 39.0 Å². The molecule has 0 spiro atoms. The molecule has 0 saturated heterocycles. The van der Waals surface area contributed by atoms with Gasteiger partial charge in [0.1, 0.15) is 0 Å². The van der Waals surface area contributed by atoms with Crippen LogP contribution in [0.2, 0.25) is 0 Å². The van der Waals surface area contributed by atoms with Crippen LogP contribution in [0.1, 0.15) is 39.0 Å². The quantitative estimate of drug-likeness (QED) is 0.355. The monoisotopic (exact) mass is 272 g/mol. The van der Waals surface area contributed by atoms with E-state index in [-0.39, 0.29) is 18.3 Å². The van der Waals surface area contributed by atoms with Gasteiger partial charge in [0.2, 0.25) is 0 Å². The summed E-state index contributed by atoms with van der Waals surface area (Å²) in [5.41, 5.74) is 0. The molecule has 0 saturated carbocycles. The Bertz CT molecular complexity index is 286. The number of aliphatic carboxylic acids is 1. The summed E-state index contributed by atoms with van der Waals surface area (Å²) >= 11 is 0. The minimum Gasteiger partial charge on any atom is -0.481 e. The molecule has 0 bridgehead atoms. The van der Waals surface area contributed by atoms with Crippen LogP contribution >= 0.6 is 0 Å². The number of hydrogen-bond donors (Lipinski definition) is 1. The SMILES string of the molecule is CCCCOCC(C/C=C/CC(=O)O)CC(=O)OC.